The van der Waals surface area contributed by atoms with Crippen molar-refractivity contribution < 1.29 is 4.79 Å². The maximum absolute atomic E-state index is 11.8. The second kappa shape index (κ2) is 4.00. The minimum atomic E-state index is 0.0197. The van der Waals surface area contributed by atoms with E-state index in [0.717, 1.165) is 16.8 Å². The van der Waals surface area contributed by atoms with Gasteiger partial charge in [0.25, 0.3) is 0 Å². The molecule has 0 aromatic heterocycles. The number of halogens is 1. The molecule has 108 valence electrons. The molecular formula is C17H22ClNO. The molecule has 1 saturated carbocycles. The Morgan fingerprint density at radius 3 is 2.40 bits per heavy atom. The van der Waals surface area contributed by atoms with Crippen LogP contribution in [-0.4, -0.2) is 13.0 Å². The van der Waals surface area contributed by atoms with E-state index in [2.05, 4.69) is 39.8 Å². The van der Waals surface area contributed by atoms with Gasteiger partial charge < -0.3 is 4.90 Å². The van der Waals surface area contributed by atoms with Gasteiger partial charge in [-0.25, -0.2) is 0 Å². The number of alkyl halides is 1. The summed E-state index contributed by atoms with van der Waals surface area (Å²) in [6, 6.07) is 6.24. The van der Waals surface area contributed by atoms with Crippen LogP contribution in [0.1, 0.15) is 44.2 Å². The molecule has 0 bridgehead atoms. The fourth-order valence-corrected chi connectivity index (χ4v) is 4.60. The molecular weight excluding hydrogens is 270 g/mol. The lowest BCUT2D eigenvalue weighted by molar-refractivity contribution is -0.117. The van der Waals surface area contributed by atoms with Crippen LogP contribution in [-0.2, 0) is 11.2 Å². The van der Waals surface area contributed by atoms with Crippen LogP contribution in [0.15, 0.2) is 18.2 Å². The zero-order valence-corrected chi connectivity index (χ0v) is 13.6. The Hall–Kier alpha value is -1.02. The van der Waals surface area contributed by atoms with Crippen LogP contribution in [0.4, 0.5) is 5.69 Å². The summed E-state index contributed by atoms with van der Waals surface area (Å²) in [7, 11) is 1.83. The van der Waals surface area contributed by atoms with Crippen molar-refractivity contribution in [3.05, 3.63) is 29.3 Å². The Morgan fingerprint density at radius 1 is 1.25 bits per heavy atom. The highest BCUT2D eigenvalue weighted by molar-refractivity contribution is 6.21. The van der Waals surface area contributed by atoms with Crippen LogP contribution < -0.4 is 4.90 Å². The number of hydrogen-bond donors (Lipinski definition) is 0. The summed E-state index contributed by atoms with van der Waals surface area (Å²) >= 11 is 6.75. The molecule has 1 unspecified atom stereocenters. The third-order valence-electron chi connectivity index (χ3n) is 5.92. The second-order valence-corrected chi connectivity index (χ2v) is 7.81. The second-order valence-electron chi connectivity index (χ2n) is 7.34. The largest absolute Gasteiger partial charge is 0.315 e. The first-order chi connectivity index (χ1) is 9.18. The summed E-state index contributed by atoms with van der Waals surface area (Å²) in [4.78, 5) is 13.5. The molecule has 3 heteroatoms. The van der Waals surface area contributed by atoms with E-state index >= 15 is 0 Å². The van der Waals surface area contributed by atoms with E-state index in [1.54, 1.807) is 4.90 Å². The topological polar surface area (TPSA) is 20.3 Å². The van der Waals surface area contributed by atoms with Gasteiger partial charge in [0.1, 0.15) is 0 Å². The van der Waals surface area contributed by atoms with Gasteiger partial charge in [-0.05, 0) is 33.9 Å². The van der Waals surface area contributed by atoms with Crippen molar-refractivity contribution >= 4 is 23.2 Å². The maximum atomic E-state index is 11.8. The lowest BCUT2D eigenvalue weighted by Gasteiger charge is -2.15. The number of anilines is 1. The molecule has 0 saturated heterocycles. The van der Waals surface area contributed by atoms with Gasteiger partial charge in [-0.15, -0.1) is 11.6 Å². The Kier molecular flexibility index (Phi) is 2.79. The average Bonchev–Trinajstić information content (AvgIpc) is 2.61. The number of nitrogens with zero attached hydrogens (tertiary/aromatic N) is 1. The minimum Gasteiger partial charge on any atom is -0.315 e. The van der Waals surface area contributed by atoms with Gasteiger partial charge in [0, 0.05) is 12.7 Å². The number of rotatable bonds is 2. The smallest absolute Gasteiger partial charge is 0.231 e. The van der Waals surface area contributed by atoms with Crippen LogP contribution in [0.25, 0.3) is 0 Å². The molecule has 1 fully saturated rings. The van der Waals surface area contributed by atoms with Crippen LogP contribution in [0.3, 0.4) is 0 Å². The number of amides is 1. The SMILES string of the molecule is CN1C(=O)Cc2cc(C(Cl)C3C(C)(C)C3(C)C)ccc21. The number of hydrogen-bond acceptors (Lipinski definition) is 1. The van der Waals surface area contributed by atoms with Gasteiger partial charge in [0.15, 0.2) is 0 Å². The minimum absolute atomic E-state index is 0.0197. The number of carbonyl (C=O) groups is 1. The van der Waals surface area contributed by atoms with Crippen molar-refractivity contribution in [2.75, 3.05) is 11.9 Å². The summed E-state index contributed by atoms with van der Waals surface area (Å²) < 4.78 is 0. The molecule has 1 heterocycles. The van der Waals surface area contributed by atoms with E-state index in [0.29, 0.717) is 12.3 Å². The number of benzene rings is 1. The molecule has 0 N–H and O–H groups in total. The molecule has 2 nitrogen and oxygen atoms in total. The average molecular weight is 292 g/mol. The van der Waals surface area contributed by atoms with E-state index in [1.807, 2.05) is 13.1 Å². The normalized spacial score (nSPS) is 24.7. The lowest BCUT2D eigenvalue weighted by atomic mass is 9.99. The number of fused-ring (bicyclic) bond motifs is 1. The van der Waals surface area contributed by atoms with Crippen LogP contribution >= 0.6 is 11.6 Å². The molecule has 20 heavy (non-hydrogen) atoms. The standard InChI is InChI=1S/C17H22ClNO/c1-16(2)15(17(16,3)4)14(18)10-6-7-12-11(8-10)9-13(20)19(12)5/h6-8,14-15H,9H2,1-5H3. The molecule has 1 aliphatic carbocycles. The van der Waals surface area contributed by atoms with E-state index in [9.17, 15) is 4.79 Å². The first-order valence-electron chi connectivity index (χ1n) is 7.21. The highest BCUT2D eigenvalue weighted by Gasteiger charge is 2.67. The van der Waals surface area contributed by atoms with Crippen LogP contribution in [0, 0.1) is 16.7 Å². The van der Waals surface area contributed by atoms with E-state index < -0.39 is 0 Å². The molecule has 1 aliphatic heterocycles. The summed E-state index contributed by atoms with van der Waals surface area (Å²) in [6.07, 6.45) is 0.501. The highest BCUT2D eigenvalue weighted by atomic mass is 35.5. The fourth-order valence-electron chi connectivity index (χ4n) is 3.83. The third kappa shape index (κ3) is 1.67. The number of carbonyl (C=O) groups excluding carboxylic acids is 1. The molecule has 1 atom stereocenters. The van der Waals surface area contributed by atoms with Crippen molar-refractivity contribution in [3.8, 4) is 0 Å². The van der Waals surface area contributed by atoms with Gasteiger partial charge in [-0.1, -0.05) is 39.8 Å². The summed E-state index contributed by atoms with van der Waals surface area (Å²) in [5.74, 6) is 0.639. The van der Waals surface area contributed by atoms with Gasteiger partial charge in [0.2, 0.25) is 5.91 Å². The first-order valence-corrected chi connectivity index (χ1v) is 7.65. The van der Waals surface area contributed by atoms with Gasteiger partial charge in [-0.3, -0.25) is 4.79 Å². The quantitative estimate of drug-likeness (QED) is 0.749. The molecule has 1 aromatic rings. The maximum Gasteiger partial charge on any atom is 0.231 e. The van der Waals surface area contributed by atoms with Crippen molar-refractivity contribution in [2.24, 2.45) is 16.7 Å². The van der Waals surface area contributed by atoms with Crippen LogP contribution in [0.5, 0.6) is 0 Å². The molecule has 0 radical (unpaired) electrons. The number of likely N-dealkylation sites (N-methyl/N-ethyl adjacent to an activating group) is 1. The predicted octanol–water partition coefficient (Wildman–Crippen LogP) is 4.17. The van der Waals surface area contributed by atoms with E-state index in [-0.39, 0.29) is 22.1 Å². The fraction of sp³-hybridized carbons (Fsp3) is 0.588. The van der Waals surface area contributed by atoms with Crippen LogP contribution in [0.2, 0.25) is 0 Å². The Balaban J connectivity index is 1.91. The predicted molar refractivity (Wildman–Crippen MR) is 83.2 cm³/mol. The Morgan fingerprint density at radius 2 is 1.85 bits per heavy atom. The van der Waals surface area contributed by atoms with Gasteiger partial charge in [0.05, 0.1) is 11.8 Å². The highest BCUT2D eigenvalue weighted by Crippen LogP contribution is 2.73. The summed E-state index contributed by atoms with van der Waals surface area (Å²) in [5.41, 5.74) is 3.82. The molecule has 1 amide bonds. The third-order valence-corrected chi connectivity index (χ3v) is 6.43. The zero-order chi connectivity index (χ0) is 14.9. The van der Waals surface area contributed by atoms with Gasteiger partial charge >= 0.3 is 0 Å². The van der Waals surface area contributed by atoms with Crippen molar-refractivity contribution in [2.45, 2.75) is 39.5 Å². The molecule has 2 aliphatic rings. The van der Waals surface area contributed by atoms with Crippen molar-refractivity contribution in [1.29, 1.82) is 0 Å². The molecule has 0 spiro atoms. The van der Waals surface area contributed by atoms with E-state index in [4.69, 9.17) is 11.6 Å². The van der Waals surface area contributed by atoms with Gasteiger partial charge in [-0.2, -0.15) is 0 Å². The summed E-state index contributed by atoms with van der Waals surface area (Å²) in [6.45, 7) is 9.16. The Labute approximate surface area is 126 Å². The zero-order valence-electron chi connectivity index (χ0n) is 12.8. The van der Waals surface area contributed by atoms with Crippen molar-refractivity contribution in [1.82, 2.24) is 0 Å². The Bertz CT molecular complexity index is 577. The molecule has 1 aromatic carbocycles. The van der Waals surface area contributed by atoms with E-state index in [1.165, 1.54) is 0 Å². The monoisotopic (exact) mass is 291 g/mol. The lowest BCUT2D eigenvalue weighted by Crippen LogP contribution is -2.20. The first kappa shape index (κ1) is 13.9. The molecule has 3 rings (SSSR count). The van der Waals surface area contributed by atoms with Crippen molar-refractivity contribution in [3.63, 3.8) is 0 Å². The summed E-state index contributed by atoms with van der Waals surface area (Å²) in [5, 5.41) is 0.0197.